The van der Waals surface area contributed by atoms with E-state index >= 15 is 0 Å². The molecule has 128 valence electrons. The lowest BCUT2D eigenvalue weighted by molar-refractivity contribution is 0.0956. The number of nitrogens with one attached hydrogen (secondary N) is 1. The monoisotopic (exact) mass is 329 g/mol. The van der Waals surface area contributed by atoms with Gasteiger partial charge < -0.3 is 20.4 Å². The van der Waals surface area contributed by atoms with Gasteiger partial charge >= 0.3 is 0 Å². The molecule has 0 saturated carbocycles. The molecule has 0 unspecified atom stereocenters. The highest BCUT2D eigenvalue weighted by Crippen LogP contribution is 2.18. The van der Waals surface area contributed by atoms with E-state index in [-0.39, 0.29) is 11.0 Å². The number of rotatable bonds is 8. The number of ether oxygens (including phenoxy) is 1. The van der Waals surface area contributed by atoms with Crippen LogP contribution in [-0.4, -0.2) is 30.2 Å². The fourth-order valence-electron chi connectivity index (χ4n) is 2.55. The lowest BCUT2D eigenvalue weighted by Gasteiger charge is -2.14. The molecule has 0 aliphatic heterocycles. The van der Waals surface area contributed by atoms with Crippen molar-refractivity contribution in [2.75, 3.05) is 25.5 Å². The minimum absolute atomic E-state index is 0.0821. The van der Waals surface area contributed by atoms with Crippen molar-refractivity contribution in [1.82, 2.24) is 9.88 Å². The number of amides is 1. The van der Waals surface area contributed by atoms with Crippen LogP contribution in [0, 0.1) is 0 Å². The molecule has 1 aromatic heterocycles. The maximum atomic E-state index is 12.7. The largest absolute Gasteiger partial charge is 0.398 e. The van der Waals surface area contributed by atoms with Gasteiger partial charge in [-0.3, -0.25) is 9.59 Å². The molecule has 6 nitrogen and oxygen atoms in total. The van der Waals surface area contributed by atoms with Crippen molar-refractivity contribution in [1.29, 1.82) is 0 Å². The summed E-state index contributed by atoms with van der Waals surface area (Å²) in [7, 11) is 0. The van der Waals surface area contributed by atoms with Gasteiger partial charge in [-0.25, -0.2) is 0 Å². The lowest BCUT2D eigenvalue weighted by atomic mass is 10.1. The zero-order valence-corrected chi connectivity index (χ0v) is 13.9. The predicted octanol–water partition coefficient (Wildman–Crippen LogP) is 1.93. The summed E-state index contributed by atoms with van der Waals surface area (Å²) >= 11 is 0. The Hall–Kier alpha value is -2.60. The Morgan fingerprint density at radius 1 is 1.46 bits per heavy atom. The number of nitrogens with two attached hydrogens (primary N) is 1. The van der Waals surface area contributed by atoms with E-state index in [0.717, 1.165) is 11.9 Å². The molecule has 0 saturated heterocycles. The molecule has 0 bridgehead atoms. The van der Waals surface area contributed by atoms with Gasteiger partial charge in [-0.05, 0) is 25.5 Å². The molecule has 0 spiro atoms. The molecule has 1 heterocycles. The molecule has 0 fully saturated rings. The van der Waals surface area contributed by atoms with E-state index in [1.165, 1.54) is 0 Å². The fourth-order valence-corrected chi connectivity index (χ4v) is 2.55. The third-order valence-electron chi connectivity index (χ3n) is 3.68. The molecule has 0 aliphatic rings. The number of hydrogen-bond donors (Lipinski definition) is 2. The normalized spacial score (nSPS) is 10.7. The van der Waals surface area contributed by atoms with Crippen LogP contribution in [0.3, 0.4) is 0 Å². The fraction of sp³-hybridized carbons (Fsp3) is 0.333. The SMILES string of the molecule is C=CCNC(=O)c1cn(CCCOCC)c2cccc(N)c2c1=O. The number of anilines is 1. The van der Waals surface area contributed by atoms with Gasteiger partial charge in [0.05, 0.1) is 10.9 Å². The van der Waals surface area contributed by atoms with Gasteiger partial charge in [0.15, 0.2) is 0 Å². The summed E-state index contributed by atoms with van der Waals surface area (Å²) in [5.74, 6) is -0.427. The Bertz CT molecular complexity index is 796. The summed E-state index contributed by atoms with van der Waals surface area (Å²) in [4.78, 5) is 24.9. The highest BCUT2D eigenvalue weighted by molar-refractivity contribution is 6.00. The Balaban J connectivity index is 2.48. The van der Waals surface area contributed by atoms with Gasteiger partial charge in [-0.15, -0.1) is 6.58 Å². The first-order valence-corrected chi connectivity index (χ1v) is 7.98. The van der Waals surface area contributed by atoms with Crippen molar-refractivity contribution in [2.24, 2.45) is 0 Å². The topological polar surface area (TPSA) is 86.3 Å². The van der Waals surface area contributed by atoms with Crippen LogP contribution in [0.15, 0.2) is 41.8 Å². The van der Waals surface area contributed by atoms with E-state index in [9.17, 15) is 9.59 Å². The first-order chi connectivity index (χ1) is 11.6. The van der Waals surface area contributed by atoms with Crippen molar-refractivity contribution in [2.45, 2.75) is 19.9 Å². The van der Waals surface area contributed by atoms with E-state index in [1.807, 2.05) is 17.6 Å². The predicted molar refractivity (Wildman–Crippen MR) is 96.3 cm³/mol. The van der Waals surface area contributed by atoms with E-state index in [2.05, 4.69) is 11.9 Å². The van der Waals surface area contributed by atoms with Gasteiger partial charge in [-0.1, -0.05) is 12.1 Å². The number of benzene rings is 1. The number of fused-ring (bicyclic) bond motifs is 1. The van der Waals surface area contributed by atoms with Gasteiger partial charge in [0.1, 0.15) is 5.56 Å². The molecule has 1 amide bonds. The number of aromatic nitrogens is 1. The average Bonchev–Trinajstić information content (AvgIpc) is 2.58. The van der Waals surface area contributed by atoms with Gasteiger partial charge in [0, 0.05) is 38.2 Å². The van der Waals surface area contributed by atoms with E-state index in [0.29, 0.717) is 37.4 Å². The third kappa shape index (κ3) is 3.83. The third-order valence-corrected chi connectivity index (χ3v) is 3.68. The van der Waals surface area contributed by atoms with Crippen molar-refractivity contribution >= 4 is 22.5 Å². The second-order valence-corrected chi connectivity index (χ2v) is 5.36. The molecule has 3 N–H and O–H groups in total. The first-order valence-electron chi connectivity index (χ1n) is 7.98. The quantitative estimate of drug-likeness (QED) is 0.440. The zero-order chi connectivity index (χ0) is 17.5. The molecule has 0 aliphatic carbocycles. The number of carbonyl (C=O) groups excluding carboxylic acids is 1. The number of carbonyl (C=O) groups is 1. The second-order valence-electron chi connectivity index (χ2n) is 5.36. The molecule has 24 heavy (non-hydrogen) atoms. The maximum Gasteiger partial charge on any atom is 0.257 e. The summed E-state index contributed by atoms with van der Waals surface area (Å²) in [6.07, 6.45) is 3.93. The van der Waals surface area contributed by atoms with Crippen LogP contribution in [0.4, 0.5) is 5.69 Å². The second kappa shape index (κ2) is 8.31. The molecule has 2 aromatic rings. The van der Waals surface area contributed by atoms with Crippen LogP contribution >= 0.6 is 0 Å². The van der Waals surface area contributed by atoms with Gasteiger partial charge in [0.25, 0.3) is 5.91 Å². The summed E-state index contributed by atoms with van der Waals surface area (Å²) in [6, 6.07) is 5.30. The van der Waals surface area contributed by atoms with Gasteiger partial charge in [0.2, 0.25) is 5.43 Å². The van der Waals surface area contributed by atoms with Crippen LogP contribution in [0.1, 0.15) is 23.7 Å². The molecule has 0 atom stereocenters. The summed E-state index contributed by atoms with van der Waals surface area (Å²) in [5.41, 5.74) is 6.80. The summed E-state index contributed by atoms with van der Waals surface area (Å²) in [5, 5.41) is 3.02. The standard InChI is InChI=1S/C18H23N3O3/c1-3-9-20-18(23)13-12-21(10-6-11-24-4-2)15-8-5-7-14(19)16(15)17(13)22/h3,5,7-8,12H,1,4,6,9-11,19H2,2H3,(H,20,23). The Morgan fingerprint density at radius 2 is 2.25 bits per heavy atom. The van der Waals surface area contributed by atoms with Gasteiger partial charge in [-0.2, -0.15) is 0 Å². The highest BCUT2D eigenvalue weighted by Gasteiger charge is 2.16. The molecule has 0 radical (unpaired) electrons. The Morgan fingerprint density at radius 3 is 2.96 bits per heavy atom. The number of hydrogen-bond acceptors (Lipinski definition) is 4. The molecular formula is C18H23N3O3. The first kappa shape index (κ1) is 17.7. The van der Waals surface area contributed by atoms with Crippen molar-refractivity contribution in [3.05, 3.63) is 52.8 Å². The van der Waals surface area contributed by atoms with E-state index < -0.39 is 5.91 Å². The number of nitrogen functional groups attached to an aromatic ring is 1. The molecule has 2 rings (SSSR count). The molecule has 6 heteroatoms. The maximum absolute atomic E-state index is 12.7. The van der Waals surface area contributed by atoms with Crippen molar-refractivity contribution < 1.29 is 9.53 Å². The minimum atomic E-state index is -0.427. The minimum Gasteiger partial charge on any atom is -0.398 e. The van der Waals surface area contributed by atoms with Crippen LogP contribution in [0.2, 0.25) is 0 Å². The van der Waals surface area contributed by atoms with Crippen LogP contribution in [-0.2, 0) is 11.3 Å². The van der Waals surface area contributed by atoms with Crippen molar-refractivity contribution in [3.63, 3.8) is 0 Å². The number of pyridine rings is 1. The summed E-state index contributed by atoms with van der Waals surface area (Å²) in [6.45, 7) is 7.70. The van der Waals surface area contributed by atoms with Crippen molar-refractivity contribution in [3.8, 4) is 0 Å². The van der Waals surface area contributed by atoms with Crippen LogP contribution in [0.5, 0.6) is 0 Å². The molecule has 1 aromatic carbocycles. The van der Waals surface area contributed by atoms with E-state index in [1.54, 1.807) is 24.4 Å². The average molecular weight is 329 g/mol. The van der Waals surface area contributed by atoms with Crippen LogP contribution in [0.25, 0.3) is 10.9 Å². The molecular weight excluding hydrogens is 306 g/mol. The highest BCUT2D eigenvalue weighted by atomic mass is 16.5. The smallest absolute Gasteiger partial charge is 0.257 e. The Labute approximate surface area is 140 Å². The summed E-state index contributed by atoms with van der Waals surface area (Å²) < 4.78 is 7.24. The Kier molecular flexibility index (Phi) is 6.14. The van der Waals surface area contributed by atoms with E-state index in [4.69, 9.17) is 10.5 Å². The van der Waals surface area contributed by atoms with Crippen LogP contribution < -0.4 is 16.5 Å². The zero-order valence-electron chi connectivity index (χ0n) is 13.9. The number of nitrogens with zero attached hydrogens (tertiary/aromatic N) is 1. The lowest BCUT2D eigenvalue weighted by Crippen LogP contribution is -2.30. The number of aryl methyl sites for hydroxylation is 1.